The lowest BCUT2D eigenvalue weighted by Crippen LogP contribution is -2.31. The summed E-state index contributed by atoms with van der Waals surface area (Å²) < 4.78 is 1.81. The smallest absolute Gasteiger partial charge is 0.270 e. The molecule has 1 aliphatic heterocycles. The van der Waals surface area contributed by atoms with Gasteiger partial charge in [-0.1, -0.05) is 18.5 Å². The van der Waals surface area contributed by atoms with Gasteiger partial charge in [0.1, 0.15) is 5.69 Å². The van der Waals surface area contributed by atoms with E-state index in [0.29, 0.717) is 17.3 Å². The lowest BCUT2D eigenvalue weighted by atomic mass is 10.3. The normalized spacial score (nSPS) is 23.7. The average molecular weight is 273 g/mol. The number of aromatic nitrogens is 1. The van der Waals surface area contributed by atoms with Crippen LogP contribution in [0.5, 0.6) is 0 Å². The van der Waals surface area contributed by atoms with Gasteiger partial charge < -0.3 is 19.7 Å². The van der Waals surface area contributed by atoms with Crippen LogP contribution in [-0.2, 0) is 6.54 Å². The molecule has 1 saturated heterocycles. The van der Waals surface area contributed by atoms with Crippen molar-refractivity contribution in [2.75, 3.05) is 13.1 Å². The van der Waals surface area contributed by atoms with E-state index < -0.39 is 12.2 Å². The van der Waals surface area contributed by atoms with Crippen LogP contribution in [0.15, 0.2) is 12.3 Å². The van der Waals surface area contributed by atoms with E-state index in [1.807, 2.05) is 11.5 Å². The molecule has 1 aromatic heterocycles. The second kappa shape index (κ2) is 5.30. The summed E-state index contributed by atoms with van der Waals surface area (Å²) in [7, 11) is 0. The summed E-state index contributed by atoms with van der Waals surface area (Å²) in [6.45, 7) is 3.06. The number of halogens is 1. The number of aliphatic hydroxyl groups is 2. The molecule has 2 atom stereocenters. The molecule has 6 heteroatoms. The highest BCUT2D eigenvalue weighted by Crippen LogP contribution is 2.19. The predicted octanol–water partition coefficient (Wildman–Crippen LogP) is 0.729. The number of aryl methyl sites for hydroxylation is 1. The maximum Gasteiger partial charge on any atom is 0.270 e. The molecule has 2 N–H and O–H groups in total. The van der Waals surface area contributed by atoms with Gasteiger partial charge in [-0.25, -0.2) is 0 Å². The summed E-state index contributed by atoms with van der Waals surface area (Å²) in [5.41, 5.74) is 0.503. The molecule has 100 valence electrons. The standard InChI is InChI=1S/C12H17ClN2O3/c1-2-3-14-5-8(13)4-9(14)12(18)15-6-10(16)11(17)7-15/h4-5,10-11,16-17H,2-3,6-7H2,1H3. The van der Waals surface area contributed by atoms with Gasteiger partial charge >= 0.3 is 0 Å². The lowest BCUT2D eigenvalue weighted by molar-refractivity contribution is 0.0572. The molecule has 18 heavy (non-hydrogen) atoms. The Morgan fingerprint density at radius 1 is 1.44 bits per heavy atom. The van der Waals surface area contributed by atoms with Crippen molar-refractivity contribution in [1.29, 1.82) is 0 Å². The highest BCUT2D eigenvalue weighted by molar-refractivity contribution is 6.31. The fraction of sp³-hybridized carbons (Fsp3) is 0.583. The summed E-state index contributed by atoms with van der Waals surface area (Å²) >= 11 is 5.92. The van der Waals surface area contributed by atoms with Crippen LogP contribution in [-0.4, -0.2) is 50.9 Å². The fourth-order valence-electron chi connectivity index (χ4n) is 2.18. The molecule has 5 nitrogen and oxygen atoms in total. The topological polar surface area (TPSA) is 65.7 Å². The third-order valence-electron chi connectivity index (χ3n) is 3.09. The summed E-state index contributed by atoms with van der Waals surface area (Å²) in [4.78, 5) is 13.7. The van der Waals surface area contributed by atoms with Crippen molar-refractivity contribution >= 4 is 17.5 Å². The van der Waals surface area contributed by atoms with E-state index in [4.69, 9.17) is 11.6 Å². The second-order valence-electron chi connectivity index (χ2n) is 4.58. The number of carbonyl (C=O) groups is 1. The van der Waals surface area contributed by atoms with E-state index in [1.54, 1.807) is 12.3 Å². The van der Waals surface area contributed by atoms with E-state index in [2.05, 4.69) is 0 Å². The first-order chi connectivity index (χ1) is 8.52. The molecule has 0 aliphatic carbocycles. The van der Waals surface area contributed by atoms with Crippen molar-refractivity contribution in [3.8, 4) is 0 Å². The van der Waals surface area contributed by atoms with E-state index in [1.165, 1.54) is 4.90 Å². The van der Waals surface area contributed by atoms with Crippen molar-refractivity contribution in [2.24, 2.45) is 0 Å². The molecule has 0 saturated carbocycles. The minimum atomic E-state index is -0.862. The zero-order chi connectivity index (χ0) is 13.3. The van der Waals surface area contributed by atoms with Gasteiger partial charge in [-0.3, -0.25) is 4.79 Å². The predicted molar refractivity (Wildman–Crippen MR) is 67.7 cm³/mol. The first kappa shape index (κ1) is 13.4. The first-order valence-electron chi connectivity index (χ1n) is 6.04. The minimum absolute atomic E-state index is 0.162. The fourth-order valence-corrected chi connectivity index (χ4v) is 2.40. The number of rotatable bonds is 3. The van der Waals surface area contributed by atoms with Crippen LogP contribution in [0.25, 0.3) is 0 Å². The summed E-state index contributed by atoms with van der Waals surface area (Å²) in [6.07, 6.45) is 0.899. The summed E-state index contributed by atoms with van der Waals surface area (Å²) in [5, 5.41) is 19.5. The maximum absolute atomic E-state index is 12.3. The number of hydrogen-bond acceptors (Lipinski definition) is 3. The Morgan fingerprint density at radius 3 is 2.61 bits per heavy atom. The van der Waals surface area contributed by atoms with Gasteiger partial charge in [-0.15, -0.1) is 0 Å². The quantitative estimate of drug-likeness (QED) is 0.853. The Morgan fingerprint density at radius 2 is 2.06 bits per heavy atom. The highest BCUT2D eigenvalue weighted by atomic mass is 35.5. The molecule has 1 aromatic rings. The van der Waals surface area contributed by atoms with Gasteiger partial charge in [-0.05, 0) is 12.5 Å². The summed E-state index contributed by atoms with van der Waals surface area (Å²) in [5.74, 6) is -0.203. The van der Waals surface area contributed by atoms with Crippen LogP contribution in [0.2, 0.25) is 5.02 Å². The van der Waals surface area contributed by atoms with Gasteiger partial charge in [0, 0.05) is 25.8 Å². The number of hydrogen-bond donors (Lipinski definition) is 2. The van der Waals surface area contributed by atoms with E-state index in [-0.39, 0.29) is 19.0 Å². The van der Waals surface area contributed by atoms with Crippen molar-refractivity contribution in [1.82, 2.24) is 9.47 Å². The Balaban J connectivity index is 2.18. The molecule has 0 aromatic carbocycles. The number of nitrogens with zero attached hydrogens (tertiary/aromatic N) is 2. The van der Waals surface area contributed by atoms with E-state index in [9.17, 15) is 15.0 Å². The molecular weight excluding hydrogens is 256 g/mol. The van der Waals surface area contributed by atoms with Crippen LogP contribution < -0.4 is 0 Å². The number of amides is 1. The zero-order valence-electron chi connectivity index (χ0n) is 10.2. The third-order valence-corrected chi connectivity index (χ3v) is 3.30. The van der Waals surface area contributed by atoms with E-state index >= 15 is 0 Å². The first-order valence-corrected chi connectivity index (χ1v) is 6.41. The van der Waals surface area contributed by atoms with E-state index in [0.717, 1.165) is 6.42 Å². The Hall–Kier alpha value is -1.04. The van der Waals surface area contributed by atoms with Crippen molar-refractivity contribution in [2.45, 2.75) is 32.1 Å². The number of aliphatic hydroxyl groups excluding tert-OH is 2. The molecule has 0 bridgehead atoms. The Kier molecular flexibility index (Phi) is 3.94. The van der Waals surface area contributed by atoms with Gasteiger partial charge in [0.05, 0.1) is 17.2 Å². The van der Waals surface area contributed by atoms with Crippen LogP contribution >= 0.6 is 11.6 Å². The van der Waals surface area contributed by atoms with Crippen molar-refractivity contribution in [3.63, 3.8) is 0 Å². The van der Waals surface area contributed by atoms with Crippen LogP contribution in [0, 0.1) is 0 Å². The van der Waals surface area contributed by atoms with Gasteiger partial charge in [0.25, 0.3) is 5.91 Å². The molecule has 1 amide bonds. The molecule has 2 rings (SSSR count). The largest absolute Gasteiger partial charge is 0.388 e. The zero-order valence-corrected chi connectivity index (χ0v) is 11.0. The maximum atomic E-state index is 12.3. The molecular formula is C12H17ClN2O3. The van der Waals surface area contributed by atoms with Crippen LogP contribution in [0.1, 0.15) is 23.8 Å². The minimum Gasteiger partial charge on any atom is -0.388 e. The lowest BCUT2D eigenvalue weighted by Gasteiger charge is -2.16. The van der Waals surface area contributed by atoms with Crippen LogP contribution in [0.4, 0.5) is 0 Å². The Labute approximate surface area is 111 Å². The summed E-state index contributed by atoms with van der Waals surface area (Å²) in [6, 6.07) is 1.62. The molecule has 1 fully saturated rings. The number of carbonyl (C=O) groups excluding carboxylic acids is 1. The molecule has 2 unspecified atom stereocenters. The van der Waals surface area contributed by atoms with Crippen molar-refractivity contribution < 1.29 is 15.0 Å². The highest BCUT2D eigenvalue weighted by Gasteiger charge is 2.33. The van der Waals surface area contributed by atoms with Crippen molar-refractivity contribution in [3.05, 3.63) is 23.0 Å². The second-order valence-corrected chi connectivity index (χ2v) is 5.02. The third kappa shape index (κ3) is 2.53. The van der Waals surface area contributed by atoms with Gasteiger partial charge in [-0.2, -0.15) is 0 Å². The van der Waals surface area contributed by atoms with Crippen LogP contribution in [0.3, 0.4) is 0 Å². The average Bonchev–Trinajstić information content (AvgIpc) is 2.83. The SMILES string of the molecule is CCCn1cc(Cl)cc1C(=O)N1CC(O)C(O)C1. The molecule has 2 heterocycles. The Bertz CT molecular complexity index is 437. The molecule has 1 aliphatic rings. The van der Waals surface area contributed by atoms with Gasteiger partial charge in [0.15, 0.2) is 0 Å². The monoisotopic (exact) mass is 272 g/mol. The molecule has 0 spiro atoms. The molecule has 0 radical (unpaired) electrons. The number of β-amino-alcohol motifs (C(OH)–C–C–N with tert-alkyl or cyclic N) is 2. The van der Waals surface area contributed by atoms with Gasteiger partial charge in [0.2, 0.25) is 0 Å². The number of likely N-dealkylation sites (tertiary alicyclic amines) is 1.